The highest BCUT2D eigenvalue weighted by molar-refractivity contribution is 7.71. The van der Waals surface area contributed by atoms with Crippen LogP contribution in [0.15, 0.2) is 30.3 Å². The molecule has 3 rings (SSSR count). The van der Waals surface area contributed by atoms with Crippen LogP contribution < -0.4 is 4.74 Å². The van der Waals surface area contributed by atoms with Crippen LogP contribution in [0.1, 0.15) is 0 Å². The molecular formula is C14H9F3N2OS. The molecule has 1 heterocycles. The number of para-hydroxylation sites is 1. The standard InChI is InChI=1S/C14H9F3N2OS/c1-20-10-4-2-3-9-13(10)18-14(21)19(9)8-6-5-7(15)11(16)12(8)17/h2-6H,1H3,(H,18,21). The molecule has 0 aliphatic rings. The Labute approximate surface area is 122 Å². The predicted octanol–water partition coefficient (Wildman–Crippen LogP) is 4.11. The van der Waals surface area contributed by atoms with Crippen LogP contribution in [0.4, 0.5) is 13.2 Å². The number of nitrogens with zero attached hydrogens (tertiary/aromatic N) is 1. The van der Waals surface area contributed by atoms with Crippen LogP contribution in [0.3, 0.4) is 0 Å². The third kappa shape index (κ3) is 2.01. The van der Waals surface area contributed by atoms with Gasteiger partial charge in [-0.05, 0) is 36.5 Å². The summed E-state index contributed by atoms with van der Waals surface area (Å²) in [5, 5.41) is 0. The van der Waals surface area contributed by atoms with Crippen molar-refractivity contribution in [2.75, 3.05) is 7.11 Å². The first-order chi connectivity index (χ1) is 10.0. The molecule has 3 aromatic rings. The molecule has 1 aromatic heterocycles. The van der Waals surface area contributed by atoms with E-state index >= 15 is 0 Å². The van der Waals surface area contributed by atoms with Gasteiger partial charge >= 0.3 is 0 Å². The zero-order valence-corrected chi connectivity index (χ0v) is 11.6. The van der Waals surface area contributed by atoms with E-state index in [0.29, 0.717) is 16.8 Å². The van der Waals surface area contributed by atoms with Crippen molar-refractivity contribution >= 4 is 23.3 Å². The van der Waals surface area contributed by atoms with Gasteiger partial charge in [-0.15, -0.1) is 0 Å². The number of hydrogen-bond donors (Lipinski definition) is 1. The molecule has 0 saturated carbocycles. The van der Waals surface area contributed by atoms with E-state index in [9.17, 15) is 13.2 Å². The number of halogens is 3. The maximum atomic E-state index is 14.0. The fourth-order valence-corrected chi connectivity index (χ4v) is 2.50. The second-order valence-electron chi connectivity index (χ2n) is 4.31. The summed E-state index contributed by atoms with van der Waals surface area (Å²) in [6, 6.07) is 7.06. The summed E-state index contributed by atoms with van der Waals surface area (Å²) >= 11 is 5.15. The Hall–Kier alpha value is -2.28. The van der Waals surface area contributed by atoms with Crippen molar-refractivity contribution < 1.29 is 17.9 Å². The molecule has 0 amide bonds. The number of ether oxygens (including phenoxy) is 1. The number of fused-ring (bicyclic) bond motifs is 1. The van der Waals surface area contributed by atoms with E-state index in [1.807, 2.05) is 0 Å². The molecule has 3 nitrogen and oxygen atoms in total. The Morgan fingerprint density at radius 2 is 1.86 bits per heavy atom. The van der Waals surface area contributed by atoms with Crippen LogP contribution >= 0.6 is 12.2 Å². The van der Waals surface area contributed by atoms with Gasteiger partial charge in [0, 0.05) is 0 Å². The zero-order valence-electron chi connectivity index (χ0n) is 10.8. The molecule has 0 bridgehead atoms. The van der Waals surface area contributed by atoms with Crippen LogP contribution in [0.2, 0.25) is 0 Å². The lowest BCUT2D eigenvalue weighted by molar-refractivity contribution is 0.419. The average Bonchev–Trinajstić information content (AvgIpc) is 2.81. The van der Waals surface area contributed by atoms with Crippen molar-refractivity contribution in [1.82, 2.24) is 9.55 Å². The van der Waals surface area contributed by atoms with Gasteiger partial charge < -0.3 is 9.72 Å². The summed E-state index contributed by atoms with van der Waals surface area (Å²) in [7, 11) is 1.49. The van der Waals surface area contributed by atoms with E-state index in [-0.39, 0.29) is 10.5 Å². The first-order valence-corrected chi connectivity index (χ1v) is 6.37. The number of hydrogen-bond acceptors (Lipinski definition) is 2. The minimum Gasteiger partial charge on any atom is -0.494 e. The van der Waals surface area contributed by atoms with Crippen molar-refractivity contribution in [1.29, 1.82) is 0 Å². The summed E-state index contributed by atoms with van der Waals surface area (Å²) in [5.74, 6) is -3.57. The Morgan fingerprint density at radius 3 is 2.57 bits per heavy atom. The lowest BCUT2D eigenvalue weighted by Crippen LogP contribution is -2.02. The van der Waals surface area contributed by atoms with Gasteiger partial charge in [-0.1, -0.05) is 6.07 Å². The quantitative estimate of drug-likeness (QED) is 0.570. The van der Waals surface area contributed by atoms with E-state index in [1.165, 1.54) is 11.7 Å². The summed E-state index contributed by atoms with van der Waals surface area (Å²) in [6.45, 7) is 0. The number of imidazole rings is 1. The fraction of sp³-hybridized carbons (Fsp3) is 0.0714. The lowest BCUT2D eigenvalue weighted by Gasteiger charge is -2.07. The van der Waals surface area contributed by atoms with Crippen molar-refractivity contribution in [2.24, 2.45) is 0 Å². The van der Waals surface area contributed by atoms with Gasteiger partial charge in [-0.3, -0.25) is 4.57 Å². The average molecular weight is 310 g/mol. The summed E-state index contributed by atoms with van der Waals surface area (Å²) in [5.41, 5.74) is 0.886. The van der Waals surface area contributed by atoms with Gasteiger partial charge in [0.25, 0.3) is 0 Å². The lowest BCUT2D eigenvalue weighted by atomic mass is 10.2. The van der Waals surface area contributed by atoms with Crippen molar-refractivity contribution in [2.45, 2.75) is 0 Å². The highest BCUT2D eigenvalue weighted by Gasteiger charge is 2.18. The number of benzene rings is 2. The Balaban J connectivity index is 2.39. The van der Waals surface area contributed by atoms with Crippen molar-refractivity contribution in [3.05, 3.63) is 52.6 Å². The first-order valence-electron chi connectivity index (χ1n) is 5.96. The van der Waals surface area contributed by atoms with Crippen LogP contribution in [-0.4, -0.2) is 16.7 Å². The Kier molecular flexibility index (Phi) is 3.21. The van der Waals surface area contributed by atoms with Crippen molar-refractivity contribution in [3.63, 3.8) is 0 Å². The number of aromatic nitrogens is 2. The Bertz CT molecular complexity index is 901. The van der Waals surface area contributed by atoms with E-state index in [4.69, 9.17) is 17.0 Å². The van der Waals surface area contributed by atoms with E-state index in [1.54, 1.807) is 18.2 Å². The molecule has 0 fully saturated rings. The monoisotopic (exact) mass is 310 g/mol. The van der Waals surface area contributed by atoms with Crippen LogP contribution in [0.5, 0.6) is 5.75 Å². The molecule has 0 aliphatic heterocycles. The second kappa shape index (κ2) is 4.92. The van der Waals surface area contributed by atoms with Gasteiger partial charge in [0.15, 0.2) is 22.2 Å². The molecule has 0 saturated heterocycles. The number of aromatic amines is 1. The van der Waals surface area contributed by atoms with Gasteiger partial charge in [-0.25, -0.2) is 13.2 Å². The highest BCUT2D eigenvalue weighted by atomic mass is 32.1. The molecular weight excluding hydrogens is 301 g/mol. The molecule has 0 aliphatic carbocycles. The van der Waals surface area contributed by atoms with Crippen LogP contribution in [0, 0.1) is 22.2 Å². The van der Waals surface area contributed by atoms with E-state index < -0.39 is 17.5 Å². The summed E-state index contributed by atoms with van der Waals surface area (Å²) in [6.07, 6.45) is 0. The minimum absolute atomic E-state index is 0.152. The van der Waals surface area contributed by atoms with Gasteiger partial charge in [0.1, 0.15) is 11.3 Å². The van der Waals surface area contributed by atoms with E-state index in [2.05, 4.69) is 4.98 Å². The van der Waals surface area contributed by atoms with Gasteiger partial charge in [0.05, 0.1) is 18.3 Å². The van der Waals surface area contributed by atoms with E-state index in [0.717, 1.165) is 12.1 Å². The van der Waals surface area contributed by atoms with Crippen LogP contribution in [-0.2, 0) is 0 Å². The minimum atomic E-state index is -1.54. The molecule has 0 radical (unpaired) electrons. The number of nitrogens with one attached hydrogen (secondary N) is 1. The third-order valence-electron chi connectivity index (χ3n) is 3.16. The van der Waals surface area contributed by atoms with Gasteiger partial charge in [-0.2, -0.15) is 0 Å². The molecule has 0 atom stereocenters. The number of rotatable bonds is 2. The third-order valence-corrected chi connectivity index (χ3v) is 3.44. The van der Waals surface area contributed by atoms with Gasteiger partial charge in [0.2, 0.25) is 0 Å². The second-order valence-corrected chi connectivity index (χ2v) is 4.70. The fourth-order valence-electron chi connectivity index (χ4n) is 2.20. The number of H-pyrrole nitrogens is 1. The predicted molar refractivity (Wildman–Crippen MR) is 74.9 cm³/mol. The highest BCUT2D eigenvalue weighted by Crippen LogP contribution is 2.28. The molecule has 21 heavy (non-hydrogen) atoms. The first kappa shape index (κ1) is 13.7. The zero-order chi connectivity index (χ0) is 15.1. The molecule has 0 spiro atoms. The smallest absolute Gasteiger partial charge is 0.196 e. The van der Waals surface area contributed by atoms with Crippen molar-refractivity contribution in [3.8, 4) is 11.4 Å². The topological polar surface area (TPSA) is 29.9 Å². The largest absolute Gasteiger partial charge is 0.494 e. The Morgan fingerprint density at radius 1 is 1.10 bits per heavy atom. The maximum Gasteiger partial charge on any atom is 0.196 e. The SMILES string of the molecule is COc1cccc2c1[nH]c(=S)n2-c1ccc(F)c(F)c1F. The van der Waals surface area contributed by atoms with Crippen LogP contribution in [0.25, 0.3) is 16.7 Å². The summed E-state index contributed by atoms with van der Waals surface area (Å²) in [4.78, 5) is 2.88. The number of methoxy groups -OCH3 is 1. The molecule has 108 valence electrons. The molecule has 1 N–H and O–H groups in total. The summed E-state index contributed by atoms with van der Waals surface area (Å²) < 4.78 is 47.1. The molecule has 0 unspecified atom stereocenters. The molecule has 7 heteroatoms. The normalized spacial score (nSPS) is 11.0. The molecule has 2 aromatic carbocycles. The maximum absolute atomic E-state index is 14.0.